The van der Waals surface area contributed by atoms with E-state index in [0.29, 0.717) is 5.41 Å². The van der Waals surface area contributed by atoms with Crippen LogP contribution in [0, 0.1) is 5.41 Å². The maximum atomic E-state index is 2.50. The quantitative estimate of drug-likeness (QED) is 0.360. The first-order valence-corrected chi connectivity index (χ1v) is 7.68. The van der Waals surface area contributed by atoms with Crippen molar-refractivity contribution in [2.24, 2.45) is 5.41 Å². The molecule has 98 valence electrons. The van der Waals surface area contributed by atoms with Gasteiger partial charge in [0, 0.05) is 0 Å². The fourth-order valence-corrected chi connectivity index (χ4v) is 2.44. The molecule has 1 unspecified atom stereocenters. The van der Waals surface area contributed by atoms with Crippen molar-refractivity contribution in [2.75, 3.05) is 0 Å². The molecule has 0 saturated carbocycles. The van der Waals surface area contributed by atoms with E-state index in [1.807, 2.05) is 0 Å². The van der Waals surface area contributed by atoms with Gasteiger partial charge in [-0.3, -0.25) is 0 Å². The minimum absolute atomic E-state index is 0.640. The van der Waals surface area contributed by atoms with Crippen molar-refractivity contribution in [1.82, 2.24) is 0 Å². The Bertz CT molecular complexity index is 139. The molecule has 0 N–H and O–H groups in total. The van der Waals surface area contributed by atoms with Crippen LogP contribution < -0.4 is 0 Å². The molecule has 0 aromatic carbocycles. The van der Waals surface area contributed by atoms with Crippen LogP contribution in [-0.4, -0.2) is 0 Å². The minimum atomic E-state index is 0.640. The van der Waals surface area contributed by atoms with Crippen molar-refractivity contribution in [2.45, 2.75) is 98.3 Å². The van der Waals surface area contributed by atoms with Gasteiger partial charge in [-0.05, 0) is 18.3 Å². The van der Waals surface area contributed by atoms with Gasteiger partial charge >= 0.3 is 0 Å². The van der Waals surface area contributed by atoms with E-state index in [2.05, 4.69) is 27.7 Å². The van der Waals surface area contributed by atoms with E-state index in [4.69, 9.17) is 0 Å². The van der Waals surface area contributed by atoms with Gasteiger partial charge in [0.15, 0.2) is 0 Å². The lowest BCUT2D eigenvalue weighted by molar-refractivity contribution is 0.242. The molecule has 0 aromatic heterocycles. The molecule has 0 aliphatic heterocycles. The molecule has 0 rings (SSSR count). The third-order valence-corrected chi connectivity index (χ3v) is 4.12. The topological polar surface area (TPSA) is 0 Å². The smallest absolute Gasteiger partial charge is 0.0328 e. The van der Waals surface area contributed by atoms with Gasteiger partial charge in [-0.25, -0.2) is 0 Å². The third kappa shape index (κ3) is 8.19. The molecule has 0 nitrogen and oxygen atoms in total. The molecule has 0 radical (unpaired) electrons. The summed E-state index contributed by atoms with van der Waals surface area (Å²) in [6, 6.07) is 0. The average Bonchev–Trinajstić information content (AvgIpc) is 2.29. The first kappa shape index (κ1) is 16.0. The lowest BCUT2D eigenvalue weighted by atomic mass is 9.78. The lowest BCUT2D eigenvalue weighted by Crippen LogP contribution is -2.15. The number of rotatable bonds is 11. The van der Waals surface area contributed by atoms with E-state index in [-0.39, 0.29) is 0 Å². The van der Waals surface area contributed by atoms with Crippen molar-refractivity contribution in [3.63, 3.8) is 0 Å². The largest absolute Gasteiger partial charge is 0.0654 e. The second-order valence-electron chi connectivity index (χ2n) is 5.79. The Balaban J connectivity index is 3.61. The molecule has 0 spiro atoms. The predicted molar refractivity (Wildman–Crippen MR) is 75.9 cm³/mol. The zero-order valence-electron chi connectivity index (χ0n) is 12.3. The van der Waals surface area contributed by atoms with Crippen molar-refractivity contribution in [3.8, 4) is 0 Å². The third-order valence-electron chi connectivity index (χ3n) is 4.12. The molecule has 0 fully saturated rings. The fourth-order valence-electron chi connectivity index (χ4n) is 2.44. The van der Waals surface area contributed by atoms with Crippen LogP contribution in [-0.2, 0) is 0 Å². The zero-order chi connectivity index (χ0) is 12.3. The number of hydrogen-bond donors (Lipinski definition) is 0. The van der Waals surface area contributed by atoms with E-state index in [1.54, 1.807) is 0 Å². The second-order valence-corrected chi connectivity index (χ2v) is 5.79. The second kappa shape index (κ2) is 10.2. The Morgan fingerprint density at radius 2 is 1.06 bits per heavy atom. The molecule has 0 heteroatoms. The van der Waals surface area contributed by atoms with Gasteiger partial charge < -0.3 is 0 Å². The van der Waals surface area contributed by atoms with Gasteiger partial charge in [0.2, 0.25) is 0 Å². The van der Waals surface area contributed by atoms with Crippen LogP contribution in [0.2, 0.25) is 0 Å². The summed E-state index contributed by atoms with van der Waals surface area (Å²) >= 11 is 0. The predicted octanol–water partition coefficient (Wildman–Crippen LogP) is 6.34. The zero-order valence-corrected chi connectivity index (χ0v) is 12.3. The van der Waals surface area contributed by atoms with Crippen LogP contribution >= 0.6 is 0 Å². The fraction of sp³-hybridized carbons (Fsp3) is 1.00. The molecule has 0 saturated heterocycles. The molecule has 16 heavy (non-hydrogen) atoms. The van der Waals surface area contributed by atoms with Crippen molar-refractivity contribution >= 4 is 0 Å². The number of hydrogen-bond acceptors (Lipinski definition) is 0. The summed E-state index contributed by atoms with van der Waals surface area (Å²) in [7, 11) is 0. The normalized spacial score (nSPS) is 15.0. The summed E-state index contributed by atoms with van der Waals surface area (Å²) in [4.78, 5) is 0. The van der Waals surface area contributed by atoms with E-state index in [9.17, 15) is 0 Å². The van der Waals surface area contributed by atoms with Gasteiger partial charge in [0.05, 0.1) is 0 Å². The van der Waals surface area contributed by atoms with E-state index < -0.39 is 0 Å². The molecule has 1 atom stereocenters. The van der Waals surface area contributed by atoms with Crippen LogP contribution in [0.1, 0.15) is 98.3 Å². The Kier molecular flexibility index (Phi) is 10.2. The molecule has 0 bridgehead atoms. The molecule has 0 amide bonds. The summed E-state index contributed by atoms with van der Waals surface area (Å²) in [5.74, 6) is 0. The Morgan fingerprint density at radius 1 is 0.625 bits per heavy atom. The standard InChI is InChI=1S/C16H34/c1-5-8-10-11-13-15-16(4,7-3)14-12-9-6-2/h5-15H2,1-4H3. The summed E-state index contributed by atoms with van der Waals surface area (Å²) in [6.45, 7) is 9.47. The van der Waals surface area contributed by atoms with Crippen LogP contribution in [0.25, 0.3) is 0 Å². The SMILES string of the molecule is CCCCCCCC(C)(CC)CCCCC. The van der Waals surface area contributed by atoms with Crippen LogP contribution in [0.4, 0.5) is 0 Å². The van der Waals surface area contributed by atoms with Gasteiger partial charge in [0.25, 0.3) is 0 Å². The Labute approximate surface area is 104 Å². The monoisotopic (exact) mass is 226 g/mol. The first-order chi connectivity index (χ1) is 7.68. The summed E-state index contributed by atoms with van der Waals surface area (Å²) < 4.78 is 0. The maximum Gasteiger partial charge on any atom is -0.0328 e. The van der Waals surface area contributed by atoms with E-state index >= 15 is 0 Å². The molecule has 0 aromatic rings. The van der Waals surface area contributed by atoms with Gasteiger partial charge in [-0.15, -0.1) is 0 Å². The average molecular weight is 226 g/mol. The Hall–Kier alpha value is 0. The summed E-state index contributed by atoms with van der Waals surface area (Å²) in [5.41, 5.74) is 0.640. The highest BCUT2D eigenvalue weighted by molar-refractivity contribution is 4.72. The molecule has 0 aliphatic rings. The summed E-state index contributed by atoms with van der Waals surface area (Å²) in [5, 5.41) is 0. The highest BCUT2D eigenvalue weighted by Gasteiger charge is 2.20. The summed E-state index contributed by atoms with van der Waals surface area (Å²) in [6.07, 6.45) is 15.6. The number of unbranched alkanes of at least 4 members (excludes halogenated alkanes) is 6. The van der Waals surface area contributed by atoms with Gasteiger partial charge in [-0.1, -0.05) is 85.5 Å². The minimum Gasteiger partial charge on any atom is -0.0654 e. The van der Waals surface area contributed by atoms with Crippen LogP contribution in [0.5, 0.6) is 0 Å². The Morgan fingerprint density at radius 3 is 1.56 bits per heavy atom. The van der Waals surface area contributed by atoms with Crippen molar-refractivity contribution in [3.05, 3.63) is 0 Å². The highest BCUT2D eigenvalue weighted by Crippen LogP contribution is 2.34. The molecular weight excluding hydrogens is 192 g/mol. The highest BCUT2D eigenvalue weighted by atomic mass is 14.3. The van der Waals surface area contributed by atoms with Gasteiger partial charge in [-0.2, -0.15) is 0 Å². The van der Waals surface area contributed by atoms with Crippen LogP contribution in [0.3, 0.4) is 0 Å². The molecule has 0 aliphatic carbocycles. The van der Waals surface area contributed by atoms with Gasteiger partial charge in [0.1, 0.15) is 0 Å². The van der Waals surface area contributed by atoms with E-state index in [0.717, 1.165) is 0 Å². The van der Waals surface area contributed by atoms with Crippen molar-refractivity contribution in [1.29, 1.82) is 0 Å². The van der Waals surface area contributed by atoms with Crippen LogP contribution in [0.15, 0.2) is 0 Å². The van der Waals surface area contributed by atoms with E-state index in [1.165, 1.54) is 70.6 Å². The molecular formula is C16H34. The van der Waals surface area contributed by atoms with Crippen molar-refractivity contribution < 1.29 is 0 Å². The molecule has 0 heterocycles. The maximum absolute atomic E-state index is 2.50. The first-order valence-electron chi connectivity index (χ1n) is 7.68. The lowest BCUT2D eigenvalue weighted by Gasteiger charge is -2.28.